The minimum absolute atomic E-state index is 0.344. The molecule has 0 fully saturated rings. The average molecular weight is 170 g/mol. The third-order valence-corrected chi connectivity index (χ3v) is 1.55. The maximum atomic E-state index is 10.3. The van der Waals surface area contributed by atoms with Gasteiger partial charge in [0.25, 0.3) is 0 Å². The Labute approximate surface area is 69.3 Å². The maximum absolute atomic E-state index is 10.3. The first-order valence-electron chi connectivity index (χ1n) is 3.45. The molecule has 0 saturated carbocycles. The Hall–Kier alpha value is -1.36. The number of aliphatic carboxylic acids is 1. The van der Waals surface area contributed by atoms with E-state index in [1.54, 1.807) is 0 Å². The zero-order chi connectivity index (χ0) is 9.19. The number of hydrogen-bond acceptors (Lipinski definition) is 3. The van der Waals surface area contributed by atoms with Gasteiger partial charge < -0.3 is 14.8 Å². The van der Waals surface area contributed by atoms with E-state index in [9.17, 15) is 9.90 Å². The Morgan fingerprint density at radius 3 is 2.83 bits per heavy atom. The fourth-order valence-electron chi connectivity index (χ4n) is 0.922. The molecule has 12 heavy (non-hydrogen) atoms. The molecule has 1 aromatic heterocycles. The smallest absolute Gasteiger partial charge is 0.308 e. The van der Waals surface area contributed by atoms with Crippen molar-refractivity contribution >= 4 is 5.97 Å². The van der Waals surface area contributed by atoms with Crippen molar-refractivity contribution in [3.63, 3.8) is 0 Å². The molecule has 1 atom stereocenters. The van der Waals surface area contributed by atoms with Gasteiger partial charge in [-0.1, -0.05) is 0 Å². The molecular formula is C7H10N2O3. The Balaban J connectivity index is 2.79. The highest BCUT2D eigenvalue weighted by Crippen LogP contribution is 2.15. The van der Waals surface area contributed by atoms with Crippen LogP contribution in [0.25, 0.3) is 0 Å². The summed E-state index contributed by atoms with van der Waals surface area (Å²) in [7, 11) is 0. The van der Waals surface area contributed by atoms with Gasteiger partial charge in [-0.15, -0.1) is 0 Å². The quantitative estimate of drug-likeness (QED) is 0.670. The molecule has 0 aliphatic heterocycles. The number of nitrogens with zero attached hydrogens (tertiary/aromatic N) is 2. The molecule has 0 amide bonds. The van der Waals surface area contributed by atoms with Crippen LogP contribution >= 0.6 is 0 Å². The van der Waals surface area contributed by atoms with Gasteiger partial charge in [0.2, 0.25) is 0 Å². The average Bonchev–Trinajstić information content (AvgIpc) is 2.32. The summed E-state index contributed by atoms with van der Waals surface area (Å²) in [4.78, 5) is 14.0. The molecule has 0 spiro atoms. The van der Waals surface area contributed by atoms with Crippen molar-refractivity contribution in [2.45, 2.75) is 19.1 Å². The van der Waals surface area contributed by atoms with Crippen molar-refractivity contribution in [1.29, 1.82) is 0 Å². The van der Waals surface area contributed by atoms with Crippen molar-refractivity contribution in [3.05, 3.63) is 18.7 Å². The third-order valence-electron chi connectivity index (χ3n) is 1.55. The van der Waals surface area contributed by atoms with Crippen molar-refractivity contribution in [2.75, 3.05) is 0 Å². The summed E-state index contributed by atoms with van der Waals surface area (Å²) in [5.74, 6) is -1.05. The number of carbonyl (C=O) groups is 1. The molecule has 1 unspecified atom stereocenters. The maximum Gasteiger partial charge on any atom is 0.308 e. The van der Waals surface area contributed by atoms with Gasteiger partial charge in [0, 0.05) is 12.4 Å². The fourth-order valence-corrected chi connectivity index (χ4v) is 0.922. The lowest BCUT2D eigenvalue weighted by Gasteiger charge is -2.22. The largest absolute Gasteiger partial charge is 0.481 e. The minimum atomic E-state index is -1.40. The number of hydrogen-bond donors (Lipinski definition) is 2. The molecule has 0 aliphatic carbocycles. The summed E-state index contributed by atoms with van der Waals surface area (Å²) in [5, 5.41) is 18.0. The van der Waals surface area contributed by atoms with Crippen LogP contribution in [0.3, 0.4) is 0 Å². The number of aromatic nitrogens is 2. The van der Waals surface area contributed by atoms with Crippen molar-refractivity contribution in [1.82, 2.24) is 9.55 Å². The van der Waals surface area contributed by atoms with E-state index in [2.05, 4.69) is 4.98 Å². The Morgan fingerprint density at radius 1 is 1.75 bits per heavy atom. The van der Waals surface area contributed by atoms with Gasteiger partial charge in [0.15, 0.2) is 0 Å². The zero-order valence-corrected chi connectivity index (χ0v) is 6.64. The summed E-state index contributed by atoms with van der Waals surface area (Å²) in [5.41, 5.74) is -1.40. The minimum Gasteiger partial charge on any atom is -0.481 e. The second-order valence-electron chi connectivity index (χ2n) is 2.76. The van der Waals surface area contributed by atoms with Gasteiger partial charge in [-0.25, -0.2) is 4.98 Å². The fraction of sp³-hybridized carbons (Fsp3) is 0.429. The summed E-state index contributed by atoms with van der Waals surface area (Å²) in [6.45, 7) is 1.42. The molecule has 0 aliphatic rings. The normalized spacial score (nSPS) is 15.5. The van der Waals surface area contributed by atoms with Crippen molar-refractivity contribution < 1.29 is 15.0 Å². The lowest BCUT2D eigenvalue weighted by molar-refractivity contribution is -0.146. The highest BCUT2D eigenvalue weighted by Gasteiger charge is 2.25. The van der Waals surface area contributed by atoms with Gasteiger partial charge in [-0.2, -0.15) is 0 Å². The van der Waals surface area contributed by atoms with Crippen molar-refractivity contribution in [3.8, 4) is 0 Å². The van der Waals surface area contributed by atoms with E-state index >= 15 is 0 Å². The molecule has 1 rings (SSSR count). The number of carboxylic acid groups (broad SMARTS) is 1. The highest BCUT2D eigenvalue weighted by molar-refractivity contribution is 5.67. The van der Waals surface area contributed by atoms with E-state index in [0.717, 1.165) is 0 Å². The van der Waals surface area contributed by atoms with E-state index in [1.807, 2.05) is 0 Å². The van der Waals surface area contributed by atoms with E-state index in [1.165, 1.54) is 30.2 Å². The topological polar surface area (TPSA) is 75.3 Å². The molecule has 0 bridgehead atoms. The zero-order valence-electron chi connectivity index (χ0n) is 6.64. The summed E-state index contributed by atoms with van der Waals surface area (Å²) in [6, 6.07) is 0. The molecule has 66 valence electrons. The van der Waals surface area contributed by atoms with Crippen LogP contribution in [-0.4, -0.2) is 25.7 Å². The van der Waals surface area contributed by atoms with E-state index in [-0.39, 0.29) is 6.42 Å². The second kappa shape index (κ2) is 2.94. The monoisotopic (exact) mass is 170 g/mol. The molecule has 5 heteroatoms. The lowest BCUT2D eigenvalue weighted by Crippen LogP contribution is -2.31. The second-order valence-corrected chi connectivity index (χ2v) is 2.76. The molecule has 0 radical (unpaired) electrons. The predicted octanol–water partition coefficient (Wildman–Crippen LogP) is 0.0228. The number of imidazole rings is 1. The number of rotatable bonds is 3. The highest BCUT2D eigenvalue weighted by atomic mass is 16.4. The predicted molar refractivity (Wildman–Crippen MR) is 40.3 cm³/mol. The van der Waals surface area contributed by atoms with Gasteiger partial charge >= 0.3 is 5.97 Å². The van der Waals surface area contributed by atoms with Crippen LogP contribution in [-0.2, 0) is 10.5 Å². The number of carboxylic acids is 1. The molecule has 5 nitrogen and oxygen atoms in total. The van der Waals surface area contributed by atoms with Crippen LogP contribution in [0.5, 0.6) is 0 Å². The van der Waals surface area contributed by atoms with Crippen LogP contribution in [0.4, 0.5) is 0 Å². The van der Waals surface area contributed by atoms with E-state index in [0.29, 0.717) is 0 Å². The first kappa shape index (κ1) is 8.73. The van der Waals surface area contributed by atoms with Crippen LogP contribution in [0.2, 0.25) is 0 Å². The van der Waals surface area contributed by atoms with Gasteiger partial charge in [-0.05, 0) is 6.92 Å². The van der Waals surface area contributed by atoms with Crippen LogP contribution in [0, 0.1) is 0 Å². The first-order valence-corrected chi connectivity index (χ1v) is 3.45. The molecule has 0 saturated heterocycles. The Morgan fingerprint density at radius 2 is 2.42 bits per heavy atom. The van der Waals surface area contributed by atoms with Gasteiger partial charge in [0.05, 0.1) is 12.7 Å². The lowest BCUT2D eigenvalue weighted by atomic mass is 10.2. The Bertz CT molecular complexity index is 266. The van der Waals surface area contributed by atoms with Gasteiger partial charge in [0.1, 0.15) is 5.72 Å². The molecule has 2 N–H and O–H groups in total. The molecule has 1 aromatic rings. The summed E-state index contributed by atoms with van der Waals surface area (Å²) in [6.07, 6.45) is 4.03. The van der Waals surface area contributed by atoms with Crippen LogP contribution in [0.15, 0.2) is 18.7 Å². The molecular weight excluding hydrogens is 160 g/mol. The number of aliphatic hydroxyl groups is 1. The van der Waals surface area contributed by atoms with Crippen LogP contribution < -0.4 is 0 Å². The Kier molecular flexibility index (Phi) is 2.14. The summed E-state index contributed by atoms with van der Waals surface area (Å²) >= 11 is 0. The van der Waals surface area contributed by atoms with Gasteiger partial charge in [-0.3, -0.25) is 4.79 Å². The standard InChI is InChI=1S/C7H10N2O3/c1-7(12,4-6(10)11)9-3-2-8-5-9/h2-3,5,12H,4H2,1H3,(H,10,11). The molecule has 0 aromatic carbocycles. The van der Waals surface area contributed by atoms with E-state index < -0.39 is 11.7 Å². The van der Waals surface area contributed by atoms with Crippen molar-refractivity contribution in [2.24, 2.45) is 0 Å². The van der Waals surface area contributed by atoms with Crippen LogP contribution in [0.1, 0.15) is 13.3 Å². The SMILES string of the molecule is CC(O)(CC(=O)O)n1ccnc1. The first-order chi connectivity index (χ1) is 5.52. The summed E-state index contributed by atoms with van der Waals surface area (Å²) < 4.78 is 1.35. The molecule has 1 heterocycles. The third kappa shape index (κ3) is 1.82. The van der Waals surface area contributed by atoms with E-state index in [4.69, 9.17) is 5.11 Å².